The van der Waals surface area contributed by atoms with E-state index in [4.69, 9.17) is 4.55 Å². The van der Waals surface area contributed by atoms with Gasteiger partial charge in [0, 0.05) is 6.92 Å². The number of halogens is 2. The van der Waals surface area contributed by atoms with E-state index >= 15 is 0 Å². The topological polar surface area (TPSA) is 80.7 Å². The zero-order valence-corrected chi connectivity index (χ0v) is 9.64. The Balaban J connectivity index is 4.75. The first-order valence-electron chi connectivity index (χ1n) is 3.11. The van der Waals surface area contributed by atoms with E-state index < -0.39 is 42.6 Å². The fourth-order valence-electron chi connectivity index (χ4n) is 0.527. The lowest BCUT2D eigenvalue weighted by molar-refractivity contribution is -0.150. The average Bonchev–Trinajstić information content (AvgIpc) is 1.82. The molecule has 0 aliphatic carbocycles. The van der Waals surface area contributed by atoms with Crippen molar-refractivity contribution >= 4 is 32.4 Å². The highest BCUT2D eigenvalue weighted by atomic mass is 32.2. The molecule has 13 heavy (non-hydrogen) atoms. The molecule has 0 bridgehead atoms. The van der Waals surface area contributed by atoms with Gasteiger partial charge in [0.25, 0.3) is 16.3 Å². The lowest BCUT2D eigenvalue weighted by Crippen LogP contribution is -2.43. The Morgan fingerprint density at radius 3 is 2.23 bits per heavy atom. The van der Waals surface area contributed by atoms with E-state index in [1.165, 1.54) is 0 Å². The SMILES string of the molecule is CC(=O)O[CH]([AlH2])C(F)(F)S(=O)(=O)O. The van der Waals surface area contributed by atoms with Crippen LogP contribution in [0.15, 0.2) is 0 Å². The van der Waals surface area contributed by atoms with Crippen LogP contribution in [0.1, 0.15) is 6.92 Å². The van der Waals surface area contributed by atoms with Crippen LogP contribution in [0.25, 0.3) is 0 Å². The minimum atomic E-state index is -5.52. The van der Waals surface area contributed by atoms with Crippen LogP contribution in [0, 0.1) is 0 Å². The molecule has 5 nitrogen and oxygen atoms in total. The molecule has 0 aromatic heterocycles. The van der Waals surface area contributed by atoms with Crippen LogP contribution in [0.2, 0.25) is 0 Å². The monoisotopic (exact) mass is 232 g/mol. The number of hydrogen-bond acceptors (Lipinski definition) is 4. The van der Waals surface area contributed by atoms with Crippen LogP contribution >= 0.6 is 0 Å². The largest absolute Gasteiger partial charge is 0.472 e. The van der Waals surface area contributed by atoms with Crippen molar-refractivity contribution < 1.29 is 31.3 Å². The quantitative estimate of drug-likeness (QED) is 0.383. The van der Waals surface area contributed by atoms with Gasteiger partial charge in [0.1, 0.15) is 4.97 Å². The van der Waals surface area contributed by atoms with Crippen LogP contribution in [-0.4, -0.2) is 45.5 Å². The molecule has 1 N–H and O–H groups in total. The fraction of sp³-hybridized carbons (Fsp3) is 0.750. The molecule has 0 spiro atoms. The lowest BCUT2D eigenvalue weighted by atomic mass is 10.7. The van der Waals surface area contributed by atoms with Gasteiger partial charge >= 0.3 is 21.3 Å². The summed E-state index contributed by atoms with van der Waals surface area (Å²) in [6, 6.07) is 0. The van der Waals surface area contributed by atoms with E-state index in [0.29, 0.717) is 0 Å². The van der Waals surface area contributed by atoms with Crippen LogP contribution in [0.5, 0.6) is 0 Å². The average molecular weight is 232 g/mol. The zero-order chi connectivity index (χ0) is 10.9. The van der Waals surface area contributed by atoms with Crippen molar-refractivity contribution in [2.45, 2.75) is 17.1 Å². The molecule has 9 heteroatoms. The summed E-state index contributed by atoms with van der Waals surface area (Å²) in [6.45, 7) is 0.866. The van der Waals surface area contributed by atoms with E-state index in [-0.39, 0.29) is 0 Å². The molecular weight excluding hydrogens is 225 g/mol. The van der Waals surface area contributed by atoms with Gasteiger partial charge in [-0.05, 0) is 0 Å². The van der Waals surface area contributed by atoms with Gasteiger partial charge in [0.05, 0.1) is 0 Å². The van der Waals surface area contributed by atoms with Crippen molar-refractivity contribution in [1.29, 1.82) is 0 Å². The first-order valence-corrected chi connectivity index (χ1v) is 5.70. The second-order valence-corrected chi connectivity index (χ2v) is 4.83. The van der Waals surface area contributed by atoms with Crippen LogP contribution in [0.3, 0.4) is 0 Å². The van der Waals surface area contributed by atoms with E-state index in [1.807, 2.05) is 0 Å². The third-order valence-corrected chi connectivity index (χ3v) is 3.56. The molecule has 0 aromatic rings. The number of ether oxygens (including phenoxy) is 1. The number of rotatable bonds is 3. The smallest absolute Gasteiger partial charge is 0.391 e. The molecular formula is C4H7AlF2O5S. The molecule has 0 aromatic carbocycles. The number of alkyl halides is 2. The van der Waals surface area contributed by atoms with Crippen LogP contribution in [0.4, 0.5) is 8.78 Å². The van der Waals surface area contributed by atoms with Gasteiger partial charge in [0.15, 0.2) is 0 Å². The molecule has 76 valence electrons. The van der Waals surface area contributed by atoms with Crippen LogP contribution in [-0.2, 0) is 19.6 Å². The molecule has 0 heterocycles. The first kappa shape index (κ1) is 12.8. The minimum Gasteiger partial charge on any atom is -0.472 e. The van der Waals surface area contributed by atoms with Gasteiger partial charge in [-0.2, -0.15) is 17.2 Å². The number of hydrogen-bond donors (Lipinski definition) is 1. The highest BCUT2D eigenvalue weighted by Gasteiger charge is 2.50. The van der Waals surface area contributed by atoms with Crippen LogP contribution < -0.4 is 0 Å². The third-order valence-electron chi connectivity index (χ3n) is 1.16. The van der Waals surface area contributed by atoms with Crippen molar-refractivity contribution in [3.05, 3.63) is 0 Å². The molecule has 1 unspecified atom stereocenters. The van der Waals surface area contributed by atoms with E-state index in [2.05, 4.69) is 4.74 Å². The summed E-state index contributed by atoms with van der Waals surface area (Å²) in [5, 5.41) is -4.43. The molecule has 0 saturated carbocycles. The molecule has 0 saturated heterocycles. The summed E-state index contributed by atoms with van der Waals surface area (Å²) in [4.78, 5) is 8.13. The molecule has 0 rings (SSSR count). The first-order chi connectivity index (χ1) is 5.59. The Kier molecular flexibility index (Phi) is 3.81. The number of esters is 1. The van der Waals surface area contributed by atoms with Gasteiger partial charge < -0.3 is 4.74 Å². The van der Waals surface area contributed by atoms with Gasteiger partial charge in [0.2, 0.25) is 0 Å². The molecule has 0 fully saturated rings. The van der Waals surface area contributed by atoms with Crippen molar-refractivity contribution in [2.24, 2.45) is 0 Å². The van der Waals surface area contributed by atoms with E-state index in [9.17, 15) is 22.0 Å². The predicted octanol–water partition coefficient (Wildman–Crippen LogP) is -1.01. The van der Waals surface area contributed by atoms with E-state index in [1.54, 1.807) is 0 Å². The fourth-order valence-corrected chi connectivity index (χ4v) is 2.22. The van der Waals surface area contributed by atoms with Gasteiger partial charge in [-0.15, -0.1) is 0 Å². The Morgan fingerprint density at radius 1 is 1.62 bits per heavy atom. The summed E-state index contributed by atoms with van der Waals surface area (Å²) >= 11 is -0.406. The highest BCUT2D eigenvalue weighted by molar-refractivity contribution is 7.87. The molecule has 0 aliphatic heterocycles. The minimum absolute atomic E-state index is 0.406. The van der Waals surface area contributed by atoms with Crippen molar-refractivity contribution in [2.75, 3.05) is 0 Å². The maximum Gasteiger partial charge on any atom is 0.391 e. The summed E-state index contributed by atoms with van der Waals surface area (Å²) in [7, 11) is -5.52. The summed E-state index contributed by atoms with van der Waals surface area (Å²) in [6.07, 6.45) is 0. The van der Waals surface area contributed by atoms with Gasteiger partial charge in [-0.25, -0.2) is 0 Å². The molecule has 0 radical (unpaired) electrons. The maximum absolute atomic E-state index is 12.6. The maximum atomic E-state index is 12.6. The lowest BCUT2D eigenvalue weighted by Gasteiger charge is -2.20. The second-order valence-electron chi connectivity index (χ2n) is 2.29. The Hall–Kier alpha value is -0.228. The Bertz CT molecular complexity index is 300. The summed E-state index contributed by atoms with van der Waals surface area (Å²) < 4.78 is 57.5. The summed E-state index contributed by atoms with van der Waals surface area (Å²) in [5.41, 5.74) is 0. The van der Waals surface area contributed by atoms with E-state index in [0.717, 1.165) is 6.92 Å². The number of carbonyl (C=O) groups excluding carboxylic acids is 1. The predicted molar refractivity (Wildman–Crippen MR) is 40.6 cm³/mol. The number of carbonyl (C=O) groups is 1. The third kappa shape index (κ3) is 3.19. The standard InChI is InChI=1S/C4H5F2O5S.Al.2H/c1-3(7)11-2-4(5,6)12(8,9)10;;;/h2H,1H3,(H,8,9,10);;;. The molecule has 0 aliphatic rings. The van der Waals surface area contributed by atoms with Gasteiger partial charge in [-0.3, -0.25) is 9.35 Å². The normalized spacial score (nSPS) is 15.1. The van der Waals surface area contributed by atoms with Crippen molar-refractivity contribution in [3.63, 3.8) is 0 Å². The zero-order valence-electron chi connectivity index (χ0n) is 6.82. The molecule has 1 atom stereocenters. The van der Waals surface area contributed by atoms with Crippen molar-refractivity contribution in [1.82, 2.24) is 0 Å². The summed E-state index contributed by atoms with van der Waals surface area (Å²) in [5.74, 6) is -1.02. The molecule has 0 amide bonds. The Morgan fingerprint density at radius 2 is 2.00 bits per heavy atom. The highest BCUT2D eigenvalue weighted by Crippen LogP contribution is 2.25. The van der Waals surface area contributed by atoms with Gasteiger partial charge in [-0.1, -0.05) is 0 Å². The second kappa shape index (κ2) is 3.88. The van der Waals surface area contributed by atoms with Crippen molar-refractivity contribution in [3.8, 4) is 0 Å². The Labute approximate surface area is 81.2 Å².